The van der Waals surface area contributed by atoms with E-state index >= 15 is 0 Å². The number of fused-ring (bicyclic) bond motifs is 2. The van der Waals surface area contributed by atoms with E-state index in [0.717, 1.165) is 28.0 Å². The average molecular weight is 621 g/mol. The molecule has 1 aliphatic heterocycles. The van der Waals surface area contributed by atoms with Crippen molar-refractivity contribution < 1.29 is 19.1 Å². The van der Waals surface area contributed by atoms with Gasteiger partial charge in [0.05, 0.1) is 29.6 Å². The van der Waals surface area contributed by atoms with Crippen LogP contribution in [-0.4, -0.2) is 89.8 Å². The Morgan fingerprint density at radius 1 is 1.23 bits per heavy atom. The predicted molar refractivity (Wildman–Crippen MR) is 171 cm³/mol. The van der Waals surface area contributed by atoms with Crippen LogP contribution in [0.5, 0.6) is 0 Å². The van der Waals surface area contributed by atoms with Gasteiger partial charge in [-0.3, -0.25) is 14.7 Å². The molecule has 44 heavy (non-hydrogen) atoms. The number of halogens is 1. The van der Waals surface area contributed by atoms with Crippen LogP contribution in [-0.2, 0) is 14.3 Å². The summed E-state index contributed by atoms with van der Waals surface area (Å²) in [7, 11) is 3.40. The van der Waals surface area contributed by atoms with E-state index in [1.54, 1.807) is 29.3 Å². The van der Waals surface area contributed by atoms with Gasteiger partial charge >= 0.3 is 6.09 Å². The van der Waals surface area contributed by atoms with E-state index in [4.69, 9.17) is 31.8 Å². The summed E-state index contributed by atoms with van der Waals surface area (Å²) in [4.78, 5) is 37.1. The number of amides is 2. The van der Waals surface area contributed by atoms with Gasteiger partial charge in [-0.1, -0.05) is 30.3 Å². The second kappa shape index (κ2) is 13.0. The van der Waals surface area contributed by atoms with Crippen molar-refractivity contribution in [1.29, 1.82) is 0 Å². The SMILES string of the molecule is C=CN(C)/C(=C\N)[C@H](NC(=O)C1(OC)CC1)C1=Cc2cccnc2[C@@H](N2CCN(C(=O)OC(C)C)CC2)c2ccc(Cl)cc21. The lowest BCUT2D eigenvalue weighted by Crippen LogP contribution is -2.50. The number of methoxy groups -OCH3 is 1. The van der Waals surface area contributed by atoms with Crippen molar-refractivity contribution in [3.63, 3.8) is 0 Å². The fraction of sp³-hybridized carbons (Fsp3) is 0.424. The second-order valence-corrected chi connectivity index (χ2v) is 12.1. The summed E-state index contributed by atoms with van der Waals surface area (Å²) >= 11 is 6.67. The number of carbonyl (C=O) groups excluding carboxylic acids is 2. The first kappa shape index (κ1) is 31.6. The zero-order valence-electron chi connectivity index (χ0n) is 25.8. The summed E-state index contributed by atoms with van der Waals surface area (Å²) in [6, 6.07) is 8.88. The Bertz CT molecular complexity index is 1480. The van der Waals surface area contributed by atoms with Gasteiger partial charge in [0.1, 0.15) is 5.60 Å². The van der Waals surface area contributed by atoms with Crippen LogP contribution in [0.4, 0.5) is 4.79 Å². The first-order chi connectivity index (χ1) is 21.1. The third-order valence-electron chi connectivity index (χ3n) is 8.58. The molecule has 3 N–H and O–H groups in total. The highest BCUT2D eigenvalue weighted by molar-refractivity contribution is 6.30. The molecule has 2 fully saturated rings. The summed E-state index contributed by atoms with van der Waals surface area (Å²) in [6.07, 6.45) is 7.81. The molecule has 11 heteroatoms. The van der Waals surface area contributed by atoms with Gasteiger partial charge in [0.15, 0.2) is 0 Å². The lowest BCUT2D eigenvalue weighted by Gasteiger charge is -2.39. The topological polar surface area (TPSA) is 113 Å². The maximum Gasteiger partial charge on any atom is 0.410 e. The number of aromatic nitrogens is 1. The molecule has 2 atom stereocenters. The zero-order valence-corrected chi connectivity index (χ0v) is 26.5. The number of hydrogen-bond acceptors (Lipinski definition) is 8. The minimum atomic E-state index is -0.856. The highest BCUT2D eigenvalue weighted by Gasteiger charge is 2.51. The first-order valence-electron chi connectivity index (χ1n) is 14.9. The maximum absolute atomic E-state index is 13.7. The minimum Gasteiger partial charge on any atom is -0.447 e. The van der Waals surface area contributed by atoms with Gasteiger partial charge in [0.2, 0.25) is 0 Å². The summed E-state index contributed by atoms with van der Waals surface area (Å²) in [6.45, 7) is 9.92. The molecule has 1 aromatic heterocycles. The zero-order chi connectivity index (χ0) is 31.6. The van der Waals surface area contributed by atoms with Crippen LogP contribution >= 0.6 is 11.6 Å². The number of piperazine rings is 1. The Hall–Kier alpha value is -3.86. The molecular formula is C33H41ClN6O4. The molecule has 1 saturated carbocycles. The van der Waals surface area contributed by atoms with Crippen molar-refractivity contribution in [3.05, 3.63) is 88.6 Å². The van der Waals surface area contributed by atoms with Crippen molar-refractivity contribution in [2.24, 2.45) is 5.73 Å². The Balaban J connectivity index is 1.61. The van der Waals surface area contributed by atoms with Gasteiger partial charge in [-0.15, -0.1) is 0 Å². The lowest BCUT2D eigenvalue weighted by atomic mass is 9.89. The summed E-state index contributed by atoms with van der Waals surface area (Å²) in [5.74, 6) is -0.206. The summed E-state index contributed by atoms with van der Waals surface area (Å²) in [5, 5.41) is 3.81. The molecular weight excluding hydrogens is 580 g/mol. The van der Waals surface area contributed by atoms with Crippen LogP contribution in [0.2, 0.25) is 5.02 Å². The van der Waals surface area contributed by atoms with Gasteiger partial charge in [-0.2, -0.15) is 0 Å². The fourth-order valence-corrected chi connectivity index (χ4v) is 6.14. The number of pyridine rings is 1. The van der Waals surface area contributed by atoms with E-state index in [2.05, 4.69) is 22.9 Å². The second-order valence-electron chi connectivity index (χ2n) is 11.7. The molecule has 0 unspecified atom stereocenters. The molecule has 0 radical (unpaired) electrons. The van der Waals surface area contributed by atoms with Crippen molar-refractivity contribution >= 4 is 35.3 Å². The molecule has 0 spiro atoms. The number of nitrogens with zero attached hydrogens (tertiary/aromatic N) is 4. The molecule has 2 amide bonds. The van der Waals surface area contributed by atoms with E-state index in [1.165, 1.54) is 6.20 Å². The van der Waals surface area contributed by atoms with Gasteiger partial charge in [-0.25, -0.2) is 4.79 Å². The van der Waals surface area contributed by atoms with Gasteiger partial charge < -0.3 is 30.3 Å². The quantitative estimate of drug-likeness (QED) is 0.425. The van der Waals surface area contributed by atoms with Crippen LogP contribution in [0.3, 0.4) is 0 Å². The smallest absolute Gasteiger partial charge is 0.410 e. The van der Waals surface area contributed by atoms with Crippen LogP contribution < -0.4 is 11.1 Å². The number of nitrogens with one attached hydrogen (secondary N) is 1. The number of likely N-dealkylation sites (N-methyl/N-ethyl adjacent to an activating group) is 1. The fourth-order valence-electron chi connectivity index (χ4n) is 5.97. The van der Waals surface area contributed by atoms with E-state index in [1.807, 2.05) is 51.2 Å². The molecule has 2 aromatic rings. The number of nitrogens with two attached hydrogens (primary N) is 1. The molecule has 234 valence electrons. The van der Waals surface area contributed by atoms with Crippen molar-refractivity contribution in [2.45, 2.75) is 50.5 Å². The normalized spacial score (nSPS) is 20.0. The monoisotopic (exact) mass is 620 g/mol. The Morgan fingerprint density at radius 3 is 2.57 bits per heavy atom. The van der Waals surface area contributed by atoms with Crippen LogP contribution in [0.25, 0.3) is 11.6 Å². The van der Waals surface area contributed by atoms with Gasteiger partial charge in [-0.05, 0) is 79.4 Å². The molecule has 2 heterocycles. The first-order valence-corrected chi connectivity index (χ1v) is 15.3. The average Bonchev–Trinajstić information content (AvgIpc) is 3.84. The highest BCUT2D eigenvalue weighted by Crippen LogP contribution is 2.44. The number of ether oxygens (including phenoxy) is 2. The molecule has 5 rings (SSSR count). The minimum absolute atomic E-state index is 0.181. The van der Waals surface area contributed by atoms with E-state index < -0.39 is 11.6 Å². The summed E-state index contributed by atoms with van der Waals surface area (Å²) in [5.41, 5.74) is 10.5. The molecule has 1 aromatic carbocycles. The van der Waals surface area contributed by atoms with E-state index in [-0.39, 0.29) is 24.1 Å². The van der Waals surface area contributed by atoms with Crippen LogP contribution in [0.15, 0.2) is 61.2 Å². The summed E-state index contributed by atoms with van der Waals surface area (Å²) < 4.78 is 11.1. The number of hydrogen-bond donors (Lipinski definition) is 2. The van der Waals surface area contributed by atoms with Crippen molar-refractivity contribution in [1.82, 2.24) is 25.0 Å². The number of carbonyl (C=O) groups is 2. The standard InChI is InChI=1S/C33H41ClN6O4/c1-6-38(4)27(20-35)29(37-31(41)33(43-5)11-12-33)26-18-22-8-7-13-36-28(22)30(24-10-9-23(34)19-25(24)26)39-14-16-40(17-15-39)32(42)44-21(2)3/h6-10,13,18-21,29-30H,1,11-12,14-17,35H2,2-5H3,(H,37,41)/b27-20-/t29-,30+/m1/s1. The third-order valence-corrected chi connectivity index (χ3v) is 8.81. The largest absolute Gasteiger partial charge is 0.447 e. The number of benzene rings is 1. The molecule has 1 saturated heterocycles. The molecule has 2 aliphatic carbocycles. The third kappa shape index (κ3) is 6.20. The van der Waals surface area contributed by atoms with Crippen molar-refractivity contribution in [3.8, 4) is 0 Å². The highest BCUT2D eigenvalue weighted by atomic mass is 35.5. The van der Waals surface area contributed by atoms with E-state index in [0.29, 0.717) is 49.7 Å². The Morgan fingerprint density at radius 2 is 1.95 bits per heavy atom. The maximum atomic E-state index is 13.7. The van der Waals surface area contributed by atoms with Crippen LogP contribution in [0.1, 0.15) is 55.1 Å². The number of rotatable bonds is 9. The van der Waals surface area contributed by atoms with Gasteiger partial charge in [0, 0.05) is 57.8 Å². The van der Waals surface area contributed by atoms with E-state index in [9.17, 15) is 9.59 Å². The Kier molecular flexibility index (Phi) is 9.34. The van der Waals surface area contributed by atoms with Crippen molar-refractivity contribution in [2.75, 3.05) is 40.3 Å². The predicted octanol–water partition coefficient (Wildman–Crippen LogP) is 4.38. The Labute approximate surface area is 264 Å². The van der Waals surface area contributed by atoms with Gasteiger partial charge in [0.25, 0.3) is 5.91 Å². The lowest BCUT2D eigenvalue weighted by molar-refractivity contribution is -0.133. The molecule has 0 bridgehead atoms. The van der Waals surface area contributed by atoms with Crippen LogP contribution in [0, 0.1) is 0 Å². The molecule has 10 nitrogen and oxygen atoms in total. The molecule has 3 aliphatic rings.